The van der Waals surface area contributed by atoms with Crippen molar-refractivity contribution in [1.29, 1.82) is 0 Å². The number of aryl methyl sites for hydroxylation is 3. The fourth-order valence-corrected chi connectivity index (χ4v) is 3.76. The molecule has 3 rings (SSSR count). The van der Waals surface area contributed by atoms with Crippen LogP contribution in [0, 0.1) is 34.6 Å². The topological polar surface area (TPSA) is 0 Å². The lowest BCUT2D eigenvalue weighted by molar-refractivity contribution is 1.24. The fourth-order valence-electron chi connectivity index (χ4n) is 3.76. The molecule has 0 radical (unpaired) electrons. The molecule has 0 saturated heterocycles. The quantitative estimate of drug-likeness (QED) is 0.449. The third-order valence-electron chi connectivity index (χ3n) is 5.54. The van der Waals surface area contributed by atoms with Crippen molar-refractivity contribution in [3.63, 3.8) is 0 Å². The van der Waals surface area contributed by atoms with Gasteiger partial charge in [-0.1, -0.05) is 48.5 Å². The summed E-state index contributed by atoms with van der Waals surface area (Å²) in [4.78, 5) is 0. The van der Waals surface area contributed by atoms with Gasteiger partial charge < -0.3 is 0 Å². The zero-order chi connectivity index (χ0) is 17.4. The number of hydrogen-bond donors (Lipinski definition) is 0. The predicted molar refractivity (Wildman–Crippen MR) is 108 cm³/mol. The van der Waals surface area contributed by atoms with Crippen LogP contribution < -0.4 is 0 Å². The van der Waals surface area contributed by atoms with Crippen molar-refractivity contribution in [3.8, 4) is 0 Å². The van der Waals surface area contributed by atoms with Gasteiger partial charge in [0.05, 0.1) is 0 Å². The van der Waals surface area contributed by atoms with Gasteiger partial charge in [-0.3, -0.25) is 0 Å². The Bertz CT molecular complexity index is 941. The van der Waals surface area contributed by atoms with Crippen molar-refractivity contribution in [1.82, 2.24) is 0 Å². The molecule has 0 atom stereocenters. The number of rotatable bonds is 2. The molecule has 0 amide bonds. The van der Waals surface area contributed by atoms with E-state index in [1.807, 2.05) is 0 Å². The Labute approximate surface area is 145 Å². The summed E-state index contributed by atoms with van der Waals surface area (Å²) in [5.74, 6) is 0. The van der Waals surface area contributed by atoms with E-state index in [0.717, 1.165) is 0 Å². The predicted octanol–water partition coefficient (Wildman–Crippen LogP) is 6.94. The summed E-state index contributed by atoms with van der Waals surface area (Å²) in [6.45, 7) is 13.5. The van der Waals surface area contributed by atoms with Crippen LogP contribution in [0.3, 0.4) is 0 Å². The van der Waals surface area contributed by atoms with Gasteiger partial charge in [-0.2, -0.15) is 0 Å². The van der Waals surface area contributed by atoms with E-state index in [1.165, 1.54) is 55.3 Å². The Morgan fingerprint density at radius 2 is 1.29 bits per heavy atom. The van der Waals surface area contributed by atoms with Gasteiger partial charge in [0.15, 0.2) is 0 Å². The van der Waals surface area contributed by atoms with Gasteiger partial charge in [0.2, 0.25) is 0 Å². The fraction of sp³-hybridized carbons (Fsp3) is 0.250. The van der Waals surface area contributed by atoms with Gasteiger partial charge in [0.25, 0.3) is 0 Å². The Morgan fingerprint density at radius 1 is 0.667 bits per heavy atom. The summed E-state index contributed by atoms with van der Waals surface area (Å²) in [5, 5.41) is 2.82. The molecular weight excluding hydrogens is 288 g/mol. The number of hydrogen-bond acceptors (Lipinski definition) is 0. The molecule has 3 aromatic rings. The highest BCUT2D eigenvalue weighted by atomic mass is 14.2. The summed E-state index contributed by atoms with van der Waals surface area (Å²) in [5.41, 5.74) is 11.0. The molecule has 0 aromatic heterocycles. The third-order valence-corrected chi connectivity index (χ3v) is 5.54. The van der Waals surface area contributed by atoms with Gasteiger partial charge >= 0.3 is 0 Å². The molecule has 0 N–H and O–H groups in total. The van der Waals surface area contributed by atoms with Crippen LogP contribution in [0.5, 0.6) is 0 Å². The first kappa shape index (κ1) is 16.5. The van der Waals surface area contributed by atoms with Crippen LogP contribution in [0.2, 0.25) is 0 Å². The number of benzene rings is 3. The van der Waals surface area contributed by atoms with E-state index in [4.69, 9.17) is 0 Å². The second-order valence-electron chi connectivity index (χ2n) is 6.90. The molecule has 0 nitrogen and oxygen atoms in total. The van der Waals surface area contributed by atoms with E-state index in [0.29, 0.717) is 0 Å². The minimum Gasteiger partial charge on any atom is -0.0622 e. The summed E-state index contributed by atoms with van der Waals surface area (Å²) in [7, 11) is 0. The Hall–Kier alpha value is -2.34. The first-order chi connectivity index (χ1) is 11.4. The smallest absolute Gasteiger partial charge is 0.0114 e. The van der Waals surface area contributed by atoms with Crippen molar-refractivity contribution in [2.75, 3.05) is 0 Å². The largest absolute Gasteiger partial charge is 0.0622 e. The maximum atomic E-state index is 2.30. The summed E-state index contributed by atoms with van der Waals surface area (Å²) in [6, 6.07) is 15.1. The summed E-state index contributed by atoms with van der Waals surface area (Å²) < 4.78 is 0. The minimum atomic E-state index is 1.25. The van der Waals surface area contributed by atoms with Crippen molar-refractivity contribution < 1.29 is 0 Å². The maximum Gasteiger partial charge on any atom is -0.0114 e. The molecule has 0 spiro atoms. The third kappa shape index (κ3) is 2.67. The highest BCUT2D eigenvalue weighted by Gasteiger charge is 2.13. The molecule has 0 aliphatic heterocycles. The molecule has 0 heteroatoms. The number of allylic oxidation sites excluding steroid dienone is 1. The maximum absolute atomic E-state index is 2.30. The average molecular weight is 314 g/mol. The molecular formula is C24H26. The molecule has 122 valence electrons. The van der Waals surface area contributed by atoms with E-state index in [-0.39, 0.29) is 0 Å². The average Bonchev–Trinajstić information content (AvgIpc) is 2.58. The SMILES string of the molecule is CC(=Cc1ccccc1)c1ccc2c(C)c(C)c(C)c(C)c2c1C. The van der Waals surface area contributed by atoms with Crippen LogP contribution in [0.1, 0.15) is 45.9 Å². The highest BCUT2D eigenvalue weighted by Crippen LogP contribution is 2.35. The van der Waals surface area contributed by atoms with Crippen molar-refractivity contribution in [2.24, 2.45) is 0 Å². The Morgan fingerprint density at radius 3 is 1.96 bits per heavy atom. The molecule has 0 bridgehead atoms. The first-order valence-electron chi connectivity index (χ1n) is 8.65. The second-order valence-corrected chi connectivity index (χ2v) is 6.90. The minimum absolute atomic E-state index is 1.25. The first-order valence-corrected chi connectivity index (χ1v) is 8.65. The van der Waals surface area contributed by atoms with E-state index < -0.39 is 0 Å². The Kier molecular flexibility index (Phi) is 4.32. The molecule has 24 heavy (non-hydrogen) atoms. The standard InChI is InChI=1S/C24H26/c1-15(14-21-10-8-7-9-11-21)22-12-13-23-18(4)16(2)17(3)19(5)24(23)20(22)6/h7-14H,1-6H3. The van der Waals surface area contributed by atoms with Crippen LogP contribution >= 0.6 is 0 Å². The molecule has 3 aromatic carbocycles. The zero-order valence-electron chi connectivity index (χ0n) is 15.6. The van der Waals surface area contributed by atoms with Gasteiger partial charge in [-0.25, -0.2) is 0 Å². The van der Waals surface area contributed by atoms with Gasteiger partial charge in [-0.05, 0) is 96.8 Å². The summed E-state index contributed by atoms with van der Waals surface area (Å²) >= 11 is 0. The van der Waals surface area contributed by atoms with E-state index >= 15 is 0 Å². The van der Waals surface area contributed by atoms with Crippen LogP contribution in [-0.4, -0.2) is 0 Å². The normalized spacial score (nSPS) is 12.0. The van der Waals surface area contributed by atoms with Crippen LogP contribution in [-0.2, 0) is 0 Å². The van der Waals surface area contributed by atoms with Gasteiger partial charge in [-0.15, -0.1) is 0 Å². The lowest BCUT2D eigenvalue weighted by Crippen LogP contribution is -1.98. The molecule has 0 aliphatic carbocycles. The second kappa shape index (κ2) is 6.28. The number of fused-ring (bicyclic) bond motifs is 1. The molecule has 0 fully saturated rings. The molecule has 0 aliphatic rings. The van der Waals surface area contributed by atoms with Crippen LogP contribution in [0.15, 0.2) is 42.5 Å². The molecule has 0 heterocycles. The van der Waals surface area contributed by atoms with E-state index in [1.54, 1.807) is 0 Å². The van der Waals surface area contributed by atoms with Gasteiger partial charge in [0, 0.05) is 0 Å². The van der Waals surface area contributed by atoms with Crippen LogP contribution in [0.25, 0.3) is 22.4 Å². The summed E-state index contributed by atoms with van der Waals surface area (Å²) in [6.07, 6.45) is 2.28. The monoisotopic (exact) mass is 314 g/mol. The van der Waals surface area contributed by atoms with Gasteiger partial charge in [0.1, 0.15) is 0 Å². The van der Waals surface area contributed by atoms with Crippen LogP contribution in [0.4, 0.5) is 0 Å². The lowest BCUT2D eigenvalue weighted by Gasteiger charge is -2.18. The highest BCUT2D eigenvalue weighted by molar-refractivity contribution is 5.97. The molecule has 0 saturated carbocycles. The van der Waals surface area contributed by atoms with Crippen molar-refractivity contribution >= 4 is 22.4 Å². The van der Waals surface area contributed by atoms with E-state index in [9.17, 15) is 0 Å². The molecule has 0 unspecified atom stereocenters. The van der Waals surface area contributed by atoms with E-state index in [2.05, 4.69) is 90.1 Å². The lowest BCUT2D eigenvalue weighted by atomic mass is 9.86. The van der Waals surface area contributed by atoms with Crippen molar-refractivity contribution in [2.45, 2.75) is 41.5 Å². The van der Waals surface area contributed by atoms with Crippen molar-refractivity contribution in [3.05, 3.63) is 81.4 Å². The zero-order valence-corrected chi connectivity index (χ0v) is 15.6. The Balaban J connectivity index is 2.25.